The van der Waals surface area contributed by atoms with Crippen LogP contribution in [0, 0.1) is 0 Å². The molecule has 1 nitrogen and oxygen atoms in total. The maximum atomic E-state index is 2.79. The molecule has 14 heavy (non-hydrogen) atoms. The Hall–Kier alpha value is -0.0831. The van der Waals surface area contributed by atoms with Gasteiger partial charge in [0.2, 0.25) is 0 Å². The summed E-state index contributed by atoms with van der Waals surface area (Å²) in [4.78, 5) is 0. The van der Waals surface area contributed by atoms with Crippen LogP contribution >= 0.6 is 0 Å². The quantitative estimate of drug-likeness (QED) is 0.632. The molecule has 0 aliphatic carbocycles. The monoisotopic (exact) mass is 211 g/mol. The van der Waals surface area contributed by atoms with Crippen LogP contribution in [-0.4, -0.2) is 26.6 Å². The van der Waals surface area contributed by atoms with Gasteiger partial charge in [-0.25, -0.2) is 0 Å². The highest BCUT2D eigenvalue weighted by Gasteiger charge is 2.17. The number of nitrogens with zero attached hydrogens (tertiary/aromatic N) is 1. The number of hydrogen-bond donors (Lipinski definition) is 0. The predicted octanol–water partition coefficient (Wildman–Crippen LogP) is 3.11. The van der Waals surface area contributed by atoms with Gasteiger partial charge in [0.15, 0.2) is 0 Å². The van der Waals surface area contributed by atoms with Crippen LogP contribution in [0.25, 0.3) is 0 Å². The van der Waals surface area contributed by atoms with Gasteiger partial charge in [0, 0.05) is 0 Å². The van der Waals surface area contributed by atoms with Crippen LogP contribution in [-0.2, 0) is 0 Å². The first-order chi connectivity index (χ1) is 6.88. The van der Waals surface area contributed by atoms with E-state index in [-0.39, 0.29) is 0 Å². The first-order valence-corrected chi connectivity index (χ1v) is 8.29. The van der Waals surface area contributed by atoms with E-state index in [1.165, 1.54) is 51.2 Å². The van der Waals surface area contributed by atoms with E-state index in [1.54, 1.807) is 0 Å². The second-order valence-corrected chi connectivity index (χ2v) is 7.36. The third-order valence-corrected chi connectivity index (χ3v) is 6.10. The van der Waals surface area contributed by atoms with Crippen molar-refractivity contribution in [2.24, 2.45) is 0 Å². The third-order valence-electron chi connectivity index (χ3n) is 3.09. The van der Waals surface area contributed by atoms with Gasteiger partial charge in [-0.05, 0) is 38.4 Å². The molecule has 0 spiro atoms. The summed E-state index contributed by atoms with van der Waals surface area (Å²) in [6, 6.07) is 1.40. The van der Waals surface area contributed by atoms with Crippen molar-refractivity contribution in [2.75, 3.05) is 13.1 Å². The zero-order chi connectivity index (χ0) is 10.2. The SMILES string of the molecule is CCCC=C[SiH](CC)N1CCCCC1. The molecular formula is C12H25NSi. The first-order valence-electron chi connectivity index (χ1n) is 6.29. The van der Waals surface area contributed by atoms with Crippen molar-refractivity contribution in [2.45, 2.75) is 52.0 Å². The molecule has 0 aromatic heterocycles. The average Bonchev–Trinajstić information content (AvgIpc) is 2.26. The Balaban J connectivity index is 2.35. The van der Waals surface area contributed by atoms with Crippen LogP contribution in [0.4, 0.5) is 0 Å². The molecule has 1 atom stereocenters. The van der Waals surface area contributed by atoms with E-state index < -0.39 is 8.96 Å². The summed E-state index contributed by atoms with van der Waals surface area (Å²) in [5.74, 6) is 0. The Bertz CT molecular complexity index is 162. The van der Waals surface area contributed by atoms with Crippen LogP contribution in [0.1, 0.15) is 46.0 Å². The van der Waals surface area contributed by atoms with Gasteiger partial charge in [-0.2, -0.15) is 0 Å². The third kappa shape index (κ3) is 3.97. The maximum Gasteiger partial charge on any atom is 0.135 e. The number of hydrogen-bond acceptors (Lipinski definition) is 1. The summed E-state index contributed by atoms with van der Waals surface area (Å²) in [5.41, 5.74) is 2.56. The highest BCUT2D eigenvalue weighted by Crippen LogP contribution is 2.13. The van der Waals surface area contributed by atoms with Crippen molar-refractivity contribution < 1.29 is 0 Å². The predicted molar refractivity (Wildman–Crippen MR) is 67.1 cm³/mol. The molecule has 2 heteroatoms. The summed E-state index contributed by atoms with van der Waals surface area (Å²) in [6.07, 6.45) is 9.32. The molecule has 1 fully saturated rings. The highest BCUT2D eigenvalue weighted by atomic mass is 28.3. The Labute approximate surface area is 90.9 Å². The lowest BCUT2D eigenvalue weighted by Gasteiger charge is -2.31. The molecule has 1 saturated heterocycles. The van der Waals surface area contributed by atoms with Gasteiger partial charge in [0.05, 0.1) is 0 Å². The van der Waals surface area contributed by atoms with E-state index in [0.717, 1.165) is 0 Å². The number of allylic oxidation sites excluding steroid dienone is 1. The summed E-state index contributed by atoms with van der Waals surface area (Å²) in [5, 5.41) is 0. The molecule has 0 saturated carbocycles. The fourth-order valence-electron chi connectivity index (χ4n) is 2.19. The lowest BCUT2D eigenvalue weighted by Crippen LogP contribution is -2.41. The van der Waals surface area contributed by atoms with Crippen molar-refractivity contribution in [3.8, 4) is 0 Å². The number of rotatable bonds is 5. The fourth-order valence-corrected chi connectivity index (χ4v) is 4.75. The Kier molecular flexibility index (Phi) is 6.20. The van der Waals surface area contributed by atoms with Crippen molar-refractivity contribution in [1.82, 2.24) is 4.57 Å². The standard InChI is InChI=1S/C12H25NSi/c1-3-5-9-12-14(4-2)13-10-7-6-8-11-13/h9,12,14H,3-8,10-11H2,1-2H3. The first kappa shape index (κ1) is 12.0. The lowest BCUT2D eigenvalue weighted by atomic mass is 10.2. The molecule has 1 aliphatic heterocycles. The second kappa shape index (κ2) is 7.24. The summed E-state index contributed by atoms with van der Waals surface area (Å²) >= 11 is 0. The van der Waals surface area contributed by atoms with E-state index in [4.69, 9.17) is 0 Å². The Morgan fingerprint density at radius 2 is 1.86 bits per heavy atom. The molecule has 0 amide bonds. The van der Waals surface area contributed by atoms with E-state index in [1.807, 2.05) is 0 Å². The minimum absolute atomic E-state index is 0.673. The minimum Gasteiger partial charge on any atom is -0.323 e. The maximum absolute atomic E-state index is 2.79. The van der Waals surface area contributed by atoms with Crippen LogP contribution in [0.3, 0.4) is 0 Å². The average molecular weight is 211 g/mol. The molecule has 1 rings (SSSR count). The molecule has 1 heterocycles. The van der Waals surface area contributed by atoms with Gasteiger partial charge in [-0.3, -0.25) is 0 Å². The zero-order valence-corrected chi connectivity index (χ0v) is 11.0. The van der Waals surface area contributed by atoms with Gasteiger partial charge in [0.25, 0.3) is 0 Å². The molecule has 0 radical (unpaired) electrons. The largest absolute Gasteiger partial charge is 0.323 e. The van der Waals surface area contributed by atoms with Crippen LogP contribution < -0.4 is 0 Å². The van der Waals surface area contributed by atoms with Gasteiger partial charge in [-0.15, -0.1) is 0 Å². The van der Waals surface area contributed by atoms with Gasteiger partial charge < -0.3 is 4.57 Å². The van der Waals surface area contributed by atoms with E-state index in [9.17, 15) is 0 Å². The molecule has 0 bridgehead atoms. The van der Waals surface area contributed by atoms with E-state index in [2.05, 4.69) is 30.2 Å². The normalized spacial score (nSPS) is 21.6. The molecule has 0 N–H and O–H groups in total. The van der Waals surface area contributed by atoms with Crippen molar-refractivity contribution in [3.05, 3.63) is 11.8 Å². The van der Waals surface area contributed by atoms with Gasteiger partial charge in [-0.1, -0.05) is 38.5 Å². The van der Waals surface area contributed by atoms with E-state index in [0.29, 0.717) is 0 Å². The topological polar surface area (TPSA) is 3.24 Å². The van der Waals surface area contributed by atoms with Gasteiger partial charge in [0.1, 0.15) is 8.96 Å². The fraction of sp³-hybridized carbons (Fsp3) is 0.833. The smallest absolute Gasteiger partial charge is 0.135 e. The van der Waals surface area contributed by atoms with E-state index >= 15 is 0 Å². The summed E-state index contributed by atoms with van der Waals surface area (Å²) < 4.78 is 2.79. The number of unbranched alkanes of at least 4 members (excludes halogenated alkanes) is 1. The van der Waals surface area contributed by atoms with Gasteiger partial charge >= 0.3 is 0 Å². The highest BCUT2D eigenvalue weighted by molar-refractivity contribution is 6.61. The lowest BCUT2D eigenvalue weighted by molar-refractivity contribution is 0.354. The molecule has 1 aliphatic rings. The Morgan fingerprint density at radius 1 is 1.14 bits per heavy atom. The minimum atomic E-state index is -0.673. The molecule has 82 valence electrons. The van der Waals surface area contributed by atoms with Crippen LogP contribution in [0.2, 0.25) is 6.04 Å². The zero-order valence-electron chi connectivity index (χ0n) is 9.84. The summed E-state index contributed by atoms with van der Waals surface area (Å²) in [6.45, 7) is 7.37. The van der Waals surface area contributed by atoms with Crippen LogP contribution in [0.5, 0.6) is 0 Å². The van der Waals surface area contributed by atoms with Crippen molar-refractivity contribution >= 4 is 8.96 Å². The molecule has 0 aromatic carbocycles. The molecular weight excluding hydrogens is 186 g/mol. The molecule has 0 aromatic rings. The van der Waals surface area contributed by atoms with Crippen molar-refractivity contribution in [1.29, 1.82) is 0 Å². The van der Waals surface area contributed by atoms with Crippen molar-refractivity contribution in [3.63, 3.8) is 0 Å². The number of piperidine rings is 1. The summed E-state index contributed by atoms with van der Waals surface area (Å²) in [7, 11) is -0.673. The van der Waals surface area contributed by atoms with Crippen LogP contribution in [0.15, 0.2) is 11.8 Å². The molecule has 1 unspecified atom stereocenters. The Morgan fingerprint density at radius 3 is 2.43 bits per heavy atom. The second-order valence-electron chi connectivity index (χ2n) is 4.29.